The van der Waals surface area contributed by atoms with Crippen LogP contribution in [0.5, 0.6) is 0 Å². The number of hydrogen-bond donors (Lipinski definition) is 1. The molecular weight excluding hydrogens is 343 g/mol. The predicted molar refractivity (Wildman–Crippen MR) is 85.1 cm³/mol. The summed E-state index contributed by atoms with van der Waals surface area (Å²) >= 11 is 1.43. The second-order valence-corrected chi connectivity index (χ2v) is 7.04. The van der Waals surface area contributed by atoms with Crippen molar-refractivity contribution in [1.82, 2.24) is 15.1 Å². The van der Waals surface area contributed by atoms with Gasteiger partial charge in [-0.25, -0.2) is 0 Å². The molecule has 1 aliphatic heterocycles. The van der Waals surface area contributed by atoms with E-state index in [1.54, 1.807) is 22.8 Å². The molecule has 0 aromatic carbocycles. The second-order valence-electron chi connectivity index (χ2n) is 5.75. The van der Waals surface area contributed by atoms with Crippen LogP contribution in [-0.2, 0) is 4.79 Å². The van der Waals surface area contributed by atoms with Crippen LogP contribution in [-0.4, -0.2) is 66.6 Å². The van der Waals surface area contributed by atoms with E-state index in [9.17, 15) is 22.8 Å². The van der Waals surface area contributed by atoms with Gasteiger partial charge in [-0.1, -0.05) is 0 Å². The number of piperazine rings is 1. The smallest absolute Gasteiger partial charge is 0.346 e. The topological polar surface area (TPSA) is 52.7 Å². The zero-order valence-corrected chi connectivity index (χ0v) is 14.3. The Morgan fingerprint density at radius 3 is 2.38 bits per heavy atom. The summed E-state index contributed by atoms with van der Waals surface area (Å²) in [6.45, 7) is 3.99. The Balaban J connectivity index is 1.83. The molecule has 5 nitrogen and oxygen atoms in total. The highest BCUT2D eigenvalue weighted by Gasteiger charge is 2.31. The lowest BCUT2D eigenvalue weighted by Crippen LogP contribution is -2.55. The molecule has 2 rings (SSSR count). The minimum absolute atomic E-state index is 0.0399. The fraction of sp³-hybridized carbons (Fsp3) is 0.600. The van der Waals surface area contributed by atoms with E-state index in [4.69, 9.17) is 0 Å². The average molecular weight is 363 g/mol. The Kier molecular flexibility index (Phi) is 5.87. The van der Waals surface area contributed by atoms with Gasteiger partial charge in [-0.05, 0) is 26.0 Å². The van der Waals surface area contributed by atoms with Crippen LogP contribution < -0.4 is 5.32 Å². The third-order valence-electron chi connectivity index (χ3n) is 3.94. The molecule has 1 aliphatic rings. The number of thiophene rings is 1. The van der Waals surface area contributed by atoms with Gasteiger partial charge in [0.1, 0.15) is 6.54 Å². The van der Waals surface area contributed by atoms with E-state index in [-0.39, 0.29) is 5.91 Å². The molecule has 1 aromatic heterocycles. The summed E-state index contributed by atoms with van der Waals surface area (Å²) in [4.78, 5) is 29.4. The average Bonchev–Trinajstić information content (AvgIpc) is 2.97. The molecule has 2 amide bonds. The van der Waals surface area contributed by atoms with E-state index < -0.39 is 24.7 Å². The van der Waals surface area contributed by atoms with Crippen LogP contribution in [0.2, 0.25) is 0 Å². The van der Waals surface area contributed by atoms with Crippen molar-refractivity contribution in [3.63, 3.8) is 0 Å². The van der Waals surface area contributed by atoms with Crippen LogP contribution >= 0.6 is 11.3 Å². The number of rotatable bonds is 4. The van der Waals surface area contributed by atoms with Gasteiger partial charge >= 0.3 is 6.18 Å². The molecule has 1 fully saturated rings. The molecule has 1 aromatic rings. The SMILES string of the molecule is Cc1ccc(C(=O)N2CCN(C(C)C(=O)NCC(F)(F)F)CC2)s1. The molecule has 2 heterocycles. The molecular formula is C15H20F3N3O2S. The molecule has 0 aliphatic carbocycles. The van der Waals surface area contributed by atoms with Crippen molar-refractivity contribution in [3.8, 4) is 0 Å². The molecule has 0 radical (unpaired) electrons. The van der Waals surface area contributed by atoms with E-state index >= 15 is 0 Å². The molecule has 9 heteroatoms. The first-order valence-corrected chi connectivity index (χ1v) is 8.43. The number of nitrogens with one attached hydrogen (secondary N) is 1. The highest BCUT2D eigenvalue weighted by atomic mass is 32.1. The molecule has 0 saturated carbocycles. The maximum absolute atomic E-state index is 12.3. The van der Waals surface area contributed by atoms with Crippen molar-refractivity contribution in [3.05, 3.63) is 21.9 Å². The maximum atomic E-state index is 12.3. The van der Waals surface area contributed by atoms with Crippen molar-refractivity contribution in [2.75, 3.05) is 32.7 Å². The Morgan fingerprint density at radius 2 is 1.88 bits per heavy atom. The van der Waals surface area contributed by atoms with Crippen LogP contribution in [0.3, 0.4) is 0 Å². The number of aryl methyl sites for hydroxylation is 1. The summed E-state index contributed by atoms with van der Waals surface area (Å²) in [7, 11) is 0. The second kappa shape index (κ2) is 7.52. The van der Waals surface area contributed by atoms with Crippen molar-refractivity contribution >= 4 is 23.2 Å². The van der Waals surface area contributed by atoms with E-state index in [2.05, 4.69) is 0 Å². The first kappa shape index (κ1) is 18.7. The molecule has 1 atom stereocenters. The van der Waals surface area contributed by atoms with Gasteiger partial charge in [0.05, 0.1) is 10.9 Å². The maximum Gasteiger partial charge on any atom is 0.405 e. The fourth-order valence-corrected chi connectivity index (χ4v) is 3.35. The number of hydrogen-bond acceptors (Lipinski definition) is 4. The highest BCUT2D eigenvalue weighted by Crippen LogP contribution is 2.19. The highest BCUT2D eigenvalue weighted by molar-refractivity contribution is 7.13. The summed E-state index contributed by atoms with van der Waals surface area (Å²) in [5.74, 6) is -0.692. The number of alkyl halides is 3. The molecule has 0 spiro atoms. The summed E-state index contributed by atoms with van der Waals surface area (Å²) in [5, 5.41) is 1.90. The van der Waals surface area contributed by atoms with Crippen LogP contribution in [0.4, 0.5) is 13.2 Å². The number of carbonyl (C=O) groups excluding carboxylic acids is 2. The minimum atomic E-state index is -4.42. The van der Waals surface area contributed by atoms with Gasteiger partial charge in [-0.15, -0.1) is 11.3 Å². The van der Waals surface area contributed by atoms with Crippen molar-refractivity contribution in [2.24, 2.45) is 0 Å². The first-order valence-electron chi connectivity index (χ1n) is 7.61. The molecule has 1 saturated heterocycles. The normalized spacial score (nSPS) is 17.6. The van der Waals surface area contributed by atoms with E-state index in [1.165, 1.54) is 11.3 Å². The fourth-order valence-electron chi connectivity index (χ4n) is 2.52. The van der Waals surface area contributed by atoms with E-state index in [0.29, 0.717) is 31.1 Å². The summed E-state index contributed by atoms with van der Waals surface area (Å²) in [6, 6.07) is 3.02. The van der Waals surface area contributed by atoms with Gasteiger partial charge in [-0.3, -0.25) is 14.5 Å². The molecule has 1 N–H and O–H groups in total. The van der Waals surface area contributed by atoms with Crippen molar-refractivity contribution in [1.29, 1.82) is 0 Å². The number of amides is 2. The number of halogens is 3. The summed E-state index contributed by atoms with van der Waals surface area (Å²) in [6.07, 6.45) is -4.42. The molecule has 24 heavy (non-hydrogen) atoms. The van der Waals surface area contributed by atoms with Gasteiger partial charge in [0.2, 0.25) is 5.91 Å². The molecule has 134 valence electrons. The Bertz CT molecular complexity index is 595. The van der Waals surface area contributed by atoms with Crippen LogP contribution in [0.15, 0.2) is 12.1 Å². The molecule has 0 bridgehead atoms. The van der Waals surface area contributed by atoms with Gasteiger partial charge in [-0.2, -0.15) is 13.2 Å². The predicted octanol–water partition coefficient (Wildman–Crippen LogP) is 1.88. The summed E-state index contributed by atoms with van der Waals surface area (Å²) < 4.78 is 36.5. The zero-order chi connectivity index (χ0) is 17.9. The van der Waals surface area contributed by atoms with Gasteiger partial charge in [0.25, 0.3) is 5.91 Å². The number of carbonyl (C=O) groups is 2. The zero-order valence-electron chi connectivity index (χ0n) is 13.5. The lowest BCUT2D eigenvalue weighted by atomic mass is 10.2. The summed E-state index contributed by atoms with van der Waals surface area (Å²) in [5.41, 5.74) is 0. The van der Waals surface area contributed by atoms with Crippen LogP contribution in [0.1, 0.15) is 21.5 Å². The van der Waals surface area contributed by atoms with Gasteiger partial charge in [0.15, 0.2) is 0 Å². The van der Waals surface area contributed by atoms with Crippen LogP contribution in [0.25, 0.3) is 0 Å². The monoisotopic (exact) mass is 363 g/mol. The van der Waals surface area contributed by atoms with E-state index in [0.717, 1.165) is 4.88 Å². The lowest BCUT2D eigenvalue weighted by Gasteiger charge is -2.37. The Labute approximate surface area is 142 Å². The van der Waals surface area contributed by atoms with Crippen molar-refractivity contribution < 1.29 is 22.8 Å². The largest absolute Gasteiger partial charge is 0.405 e. The minimum Gasteiger partial charge on any atom is -0.346 e. The Morgan fingerprint density at radius 1 is 1.25 bits per heavy atom. The first-order chi connectivity index (χ1) is 11.2. The standard InChI is InChI=1S/C15H20F3N3O2S/c1-10-3-4-12(24-10)14(23)21-7-5-20(6-8-21)11(2)13(22)19-9-15(16,17)18/h3-4,11H,5-9H2,1-2H3,(H,19,22). The lowest BCUT2D eigenvalue weighted by molar-refractivity contribution is -0.141. The van der Waals surface area contributed by atoms with Crippen molar-refractivity contribution in [2.45, 2.75) is 26.1 Å². The molecule has 1 unspecified atom stereocenters. The third-order valence-corrected chi connectivity index (χ3v) is 4.93. The van der Waals surface area contributed by atoms with Gasteiger partial charge < -0.3 is 10.2 Å². The van der Waals surface area contributed by atoms with E-state index in [1.807, 2.05) is 18.3 Å². The quantitative estimate of drug-likeness (QED) is 0.889. The van der Waals surface area contributed by atoms with Crippen LogP contribution in [0, 0.1) is 6.92 Å². The Hall–Kier alpha value is -1.61. The third kappa shape index (κ3) is 4.94. The van der Waals surface area contributed by atoms with Gasteiger partial charge in [0, 0.05) is 31.1 Å². The number of nitrogens with zero attached hydrogens (tertiary/aromatic N) is 2.